The average molecular weight is 280 g/mol. The van der Waals surface area contributed by atoms with Gasteiger partial charge in [-0.25, -0.2) is 0 Å². The quantitative estimate of drug-likeness (QED) is 0.827. The fourth-order valence-corrected chi connectivity index (χ4v) is 2.64. The molecule has 1 aliphatic heterocycles. The summed E-state index contributed by atoms with van der Waals surface area (Å²) in [5.74, 6) is 0.0429. The Balaban J connectivity index is 2.07. The Morgan fingerprint density at radius 2 is 2.45 bits per heavy atom. The molecule has 0 radical (unpaired) electrons. The molecular formula is C14H24N4O2. The van der Waals surface area contributed by atoms with Gasteiger partial charge in [-0.05, 0) is 26.3 Å². The summed E-state index contributed by atoms with van der Waals surface area (Å²) in [6.07, 6.45) is 4.10. The molecule has 0 bridgehead atoms. The van der Waals surface area contributed by atoms with Crippen LogP contribution in [0.5, 0.6) is 0 Å². The number of hydrogen-bond acceptors (Lipinski definition) is 4. The maximum Gasteiger partial charge on any atom is 0.257 e. The topological polar surface area (TPSA) is 59.4 Å². The Kier molecular flexibility index (Phi) is 5.14. The van der Waals surface area contributed by atoms with E-state index >= 15 is 0 Å². The summed E-state index contributed by atoms with van der Waals surface area (Å²) >= 11 is 0. The highest BCUT2D eigenvalue weighted by Crippen LogP contribution is 2.12. The summed E-state index contributed by atoms with van der Waals surface area (Å²) in [4.78, 5) is 14.5. The molecule has 20 heavy (non-hydrogen) atoms. The van der Waals surface area contributed by atoms with Gasteiger partial charge in [-0.2, -0.15) is 5.10 Å². The van der Waals surface area contributed by atoms with Gasteiger partial charge in [0.25, 0.3) is 5.91 Å². The predicted molar refractivity (Wildman–Crippen MR) is 76.7 cm³/mol. The van der Waals surface area contributed by atoms with Crippen molar-refractivity contribution in [1.82, 2.24) is 20.0 Å². The van der Waals surface area contributed by atoms with Crippen LogP contribution < -0.4 is 5.32 Å². The van der Waals surface area contributed by atoms with Crippen LogP contribution in [0.3, 0.4) is 0 Å². The van der Waals surface area contributed by atoms with Gasteiger partial charge in [0.2, 0.25) is 0 Å². The van der Waals surface area contributed by atoms with Crippen LogP contribution in [-0.2, 0) is 11.8 Å². The Morgan fingerprint density at radius 1 is 1.65 bits per heavy atom. The van der Waals surface area contributed by atoms with Gasteiger partial charge in [-0.1, -0.05) is 0 Å². The normalized spacial score (nSPS) is 18.4. The molecule has 6 heteroatoms. The minimum Gasteiger partial charge on any atom is -0.383 e. The summed E-state index contributed by atoms with van der Waals surface area (Å²) in [7, 11) is 3.49. The fraction of sp³-hybridized carbons (Fsp3) is 0.714. The predicted octanol–water partition coefficient (Wildman–Crippen LogP) is 0.569. The lowest BCUT2D eigenvalue weighted by molar-refractivity contribution is 0.0678. The second-order valence-electron chi connectivity index (χ2n) is 5.34. The van der Waals surface area contributed by atoms with E-state index in [1.807, 2.05) is 18.9 Å². The van der Waals surface area contributed by atoms with Crippen LogP contribution in [0.4, 0.5) is 0 Å². The van der Waals surface area contributed by atoms with E-state index in [4.69, 9.17) is 4.74 Å². The summed E-state index contributed by atoms with van der Waals surface area (Å²) in [5.41, 5.74) is 1.46. The first kappa shape index (κ1) is 15.0. The molecule has 2 rings (SSSR count). The van der Waals surface area contributed by atoms with Crippen molar-refractivity contribution in [2.45, 2.75) is 25.8 Å². The van der Waals surface area contributed by atoms with Crippen LogP contribution in [-0.4, -0.2) is 60.0 Å². The van der Waals surface area contributed by atoms with Crippen molar-refractivity contribution >= 4 is 5.91 Å². The van der Waals surface area contributed by atoms with Gasteiger partial charge in [-0.15, -0.1) is 0 Å². The molecule has 1 aromatic rings. The number of rotatable bonds is 6. The highest BCUT2D eigenvalue weighted by atomic mass is 16.5. The zero-order chi connectivity index (χ0) is 14.5. The van der Waals surface area contributed by atoms with Crippen LogP contribution in [0.1, 0.15) is 28.9 Å². The van der Waals surface area contributed by atoms with E-state index in [1.54, 1.807) is 18.0 Å². The molecule has 6 nitrogen and oxygen atoms in total. The van der Waals surface area contributed by atoms with Crippen molar-refractivity contribution in [3.8, 4) is 0 Å². The van der Waals surface area contributed by atoms with Gasteiger partial charge in [0, 0.05) is 39.5 Å². The van der Waals surface area contributed by atoms with Crippen molar-refractivity contribution < 1.29 is 9.53 Å². The first-order chi connectivity index (χ1) is 9.61. The number of hydrogen-bond donors (Lipinski definition) is 1. The summed E-state index contributed by atoms with van der Waals surface area (Å²) < 4.78 is 6.81. The van der Waals surface area contributed by atoms with Crippen molar-refractivity contribution in [3.05, 3.63) is 17.5 Å². The van der Waals surface area contributed by atoms with E-state index in [1.165, 1.54) is 6.42 Å². The lowest BCUT2D eigenvalue weighted by atomic mass is 10.2. The van der Waals surface area contributed by atoms with E-state index < -0.39 is 0 Å². The van der Waals surface area contributed by atoms with Crippen LogP contribution in [0.2, 0.25) is 0 Å². The molecule has 0 aliphatic carbocycles. The van der Waals surface area contributed by atoms with E-state index in [2.05, 4.69) is 10.4 Å². The monoisotopic (exact) mass is 280 g/mol. The smallest absolute Gasteiger partial charge is 0.257 e. The van der Waals surface area contributed by atoms with E-state index in [9.17, 15) is 4.79 Å². The highest BCUT2D eigenvalue weighted by Gasteiger charge is 2.24. The van der Waals surface area contributed by atoms with Crippen LogP contribution in [0.25, 0.3) is 0 Å². The molecule has 2 heterocycles. The maximum atomic E-state index is 12.7. The minimum atomic E-state index is 0.0429. The molecule has 0 spiro atoms. The average Bonchev–Trinajstić information content (AvgIpc) is 3.03. The number of carbonyl (C=O) groups is 1. The fourth-order valence-electron chi connectivity index (χ4n) is 2.64. The Morgan fingerprint density at radius 3 is 3.00 bits per heavy atom. The van der Waals surface area contributed by atoms with Crippen LogP contribution in [0.15, 0.2) is 6.20 Å². The van der Waals surface area contributed by atoms with Crippen molar-refractivity contribution in [3.63, 3.8) is 0 Å². The summed E-state index contributed by atoms with van der Waals surface area (Å²) in [6.45, 7) is 4.81. The Bertz CT molecular complexity index is 452. The number of nitrogens with zero attached hydrogens (tertiary/aromatic N) is 3. The SMILES string of the molecule is COCCN(CC1CCCN1)C(=O)c1cn(C)nc1C. The molecule has 0 aromatic carbocycles. The zero-order valence-corrected chi connectivity index (χ0v) is 12.6. The van der Waals surface area contributed by atoms with Gasteiger partial charge >= 0.3 is 0 Å². The molecule has 1 aliphatic rings. The first-order valence-corrected chi connectivity index (χ1v) is 7.13. The second-order valence-corrected chi connectivity index (χ2v) is 5.34. The molecule has 0 saturated carbocycles. The molecule has 1 atom stereocenters. The van der Waals surface area contributed by atoms with Crippen molar-refractivity contribution in [2.75, 3.05) is 33.4 Å². The lowest BCUT2D eigenvalue weighted by Crippen LogP contribution is -2.42. The minimum absolute atomic E-state index is 0.0429. The number of nitrogens with one attached hydrogen (secondary N) is 1. The highest BCUT2D eigenvalue weighted by molar-refractivity contribution is 5.95. The molecule has 1 amide bonds. The zero-order valence-electron chi connectivity index (χ0n) is 12.6. The largest absolute Gasteiger partial charge is 0.383 e. The molecule has 1 saturated heterocycles. The number of amides is 1. The Labute approximate surface area is 120 Å². The number of aryl methyl sites for hydroxylation is 2. The molecular weight excluding hydrogens is 256 g/mol. The van der Waals surface area contributed by atoms with E-state index in [-0.39, 0.29) is 5.91 Å². The summed E-state index contributed by atoms with van der Waals surface area (Å²) in [5, 5.41) is 7.68. The molecule has 1 unspecified atom stereocenters. The van der Waals surface area contributed by atoms with E-state index in [0.717, 1.165) is 25.2 Å². The third-order valence-corrected chi connectivity index (χ3v) is 3.70. The maximum absolute atomic E-state index is 12.7. The van der Waals surface area contributed by atoms with Crippen molar-refractivity contribution in [2.24, 2.45) is 7.05 Å². The standard InChI is InChI=1S/C14H24N4O2/c1-11-13(10-17(2)16-11)14(19)18(7-8-20-3)9-12-5-4-6-15-12/h10,12,15H,4-9H2,1-3H3. The molecule has 1 fully saturated rings. The van der Waals surface area contributed by atoms with Gasteiger partial charge in [0.05, 0.1) is 17.9 Å². The van der Waals surface area contributed by atoms with Crippen LogP contribution >= 0.6 is 0 Å². The Hall–Kier alpha value is -1.40. The lowest BCUT2D eigenvalue weighted by Gasteiger charge is -2.25. The first-order valence-electron chi connectivity index (χ1n) is 7.13. The van der Waals surface area contributed by atoms with E-state index in [0.29, 0.717) is 24.8 Å². The van der Waals surface area contributed by atoms with Gasteiger partial charge < -0.3 is 15.0 Å². The van der Waals surface area contributed by atoms with Gasteiger partial charge in [0.15, 0.2) is 0 Å². The van der Waals surface area contributed by atoms with Gasteiger partial charge in [-0.3, -0.25) is 9.48 Å². The second kappa shape index (κ2) is 6.85. The number of methoxy groups -OCH3 is 1. The number of ether oxygens (including phenoxy) is 1. The molecule has 112 valence electrons. The van der Waals surface area contributed by atoms with Crippen molar-refractivity contribution in [1.29, 1.82) is 0 Å². The third kappa shape index (κ3) is 3.58. The summed E-state index contributed by atoms with van der Waals surface area (Å²) in [6, 6.07) is 0.396. The molecule has 1 N–H and O–H groups in total. The number of carbonyl (C=O) groups excluding carboxylic acids is 1. The molecule has 1 aromatic heterocycles. The van der Waals surface area contributed by atoms with Gasteiger partial charge in [0.1, 0.15) is 0 Å². The third-order valence-electron chi connectivity index (χ3n) is 3.70. The van der Waals surface area contributed by atoms with Crippen LogP contribution in [0, 0.1) is 6.92 Å². The number of aromatic nitrogens is 2.